The molecule has 1 amide bonds. The summed E-state index contributed by atoms with van der Waals surface area (Å²) in [6.45, 7) is 0.843. The molecule has 0 aromatic heterocycles. The van der Waals surface area contributed by atoms with Crippen LogP contribution in [0.1, 0.15) is 19.3 Å². The molecule has 0 aliphatic carbocycles. The lowest BCUT2D eigenvalue weighted by Crippen LogP contribution is -2.39. The summed E-state index contributed by atoms with van der Waals surface area (Å²) in [6, 6.07) is 6.18. The van der Waals surface area contributed by atoms with Crippen LogP contribution in [0.4, 0.5) is 5.69 Å². The van der Waals surface area contributed by atoms with Gasteiger partial charge in [0.2, 0.25) is 15.9 Å². The summed E-state index contributed by atoms with van der Waals surface area (Å²) in [4.78, 5) is 11.1. The first-order valence-electron chi connectivity index (χ1n) is 6.53. The maximum atomic E-state index is 12.4. The van der Waals surface area contributed by atoms with Gasteiger partial charge in [0, 0.05) is 25.2 Å². The number of primary amides is 1. The molecule has 110 valence electrons. The largest absolute Gasteiger partial charge is 0.399 e. The third-order valence-corrected chi connectivity index (χ3v) is 5.49. The van der Waals surface area contributed by atoms with E-state index in [1.54, 1.807) is 12.1 Å². The molecule has 0 unspecified atom stereocenters. The van der Waals surface area contributed by atoms with E-state index in [1.165, 1.54) is 16.4 Å². The molecule has 6 nitrogen and oxygen atoms in total. The van der Waals surface area contributed by atoms with Gasteiger partial charge < -0.3 is 11.5 Å². The standard InChI is InChI=1S/C13H19N3O3S/c14-11-1-3-12(4-2-11)20(18,19)16-7-5-10(6-8-16)9-13(15)17/h1-4,10H,5-9,14H2,(H2,15,17). The van der Waals surface area contributed by atoms with Gasteiger partial charge in [-0.05, 0) is 43.0 Å². The summed E-state index contributed by atoms with van der Waals surface area (Å²) in [5.74, 6) is -0.143. The Morgan fingerprint density at radius 2 is 1.75 bits per heavy atom. The first kappa shape index (κ1) is 14.8. The molecule has 4 N–H and O–H groups in total. The van der Waals surface area contributed by atoms with E-state index in [2.05, 4.69) is 0 Å². The zero-order chi connectivity index (χ0) is 14.8. The second-order valence-electron chi connectivity index (χ2n) is 5.09. The molecule has 1 saturated heterocycles. The molecule has 7 heteroatoms. The zero-order valence-electron chi connectivity index (χ0n) is 11.2. The van der Waals surface area contributed by atoms with Gasteiger partial charge in [-0.1, -0.05) is 0 Å². The van der Waals surface area contributed by atoms with Crippen LogP contribution in [-0.2, 0) is 14.8 Å². The van der Waals surface area contributed by atoms with Gasteiger partial charge in [0.25, 0.3) is 0 Å². The zero-order valence-corrected chi connectivity index (χ0v) is 12.0. The van der Waals surface area contributed by atoms with Crippen LogP contribution in [-0.4, -0.2) is 31.7 Å². The van der Waals surface area contributed by atoms with Crippen LogP contribution in [0, 0.1) is 5.92 Å². The maximum absolute atomic E-state index is 12.4. The lowest BCUT2D eigenvalue weighted by Gasteiger charge is -2.30. The predicted octanol–water partition coefficient (Wildman–Crippen LogP) is 0.545. The molecule has 1 fully saturated rings. The average molecular weight is 297 g/mol. The van der Waals surface area contributed by atoms with Crippen molar-refractivity contribution in [3.05, 3.63) is 24.3 Å². The number of hydrogen-bond acceptors (Lipinski definition) is 4. The van der Waals surface area contributed by atoms with Gasteiger partial charge in [-0.15, -0.1) is 0 Å². The maximum Gasteiger partial charge on any atom is 0.243 e. The highest BCUT2D eigenvalue weighted by atomic mass is 32.2. The fourth-order valence-electron chi connectivity index (χ4n) is 2.43. The van der Waals surface area contributed by atoms with Crippen molar-refractivity contribution in [1.82, 2.24) is 4.31 Å². The fraction of sp³-hybridized carbons (Fsp3) is 0.462. The molecule has 0 saturated carbocycles. The van der Waals surface area contributed by atoms with Gasteiger partial charge in [-0.25, -0.2) is 8.42 Å². The molecule has 0 radical (unpaired) electrons. The minimum atomic E-state index is -3.47. The van der Waals surface area contributed by atoms with Crippen molar-refractivity contribution in [2.45, 2.75) is 24.2 Å². The molecule has 1 aliphatic heterocycles. The molecule has 20 heavy (non-hydrogen) atoms. The second kappa shape index (κ2) is 5.80. The van der Waals surface area contributed by atoms with Gasteiger partial charge in [0.05, 0.1) is 4.90 Å². The summed E-state index contributed by atoms with van der Waals surface area (Å²) < 4.78 is 26.3. The molecule has 0 atom stereocenters. The number of amides is 1. The minimum Gasteiger partial charge on any atom is -0.399 e. The van der Waals surface area contributed by atoms with Gasteiger partial charge in [-0.3, -0.25) is 4.79 Å². The van der Waals surface area contributed by atoms with Crippen molar-refractivity contribution < 1.29 is 13.2 Å². The first-order chi connectivity index (χ1) is 9.39. The number of carbonyl (C=O) groups excluding carboxylic acids is 1. The molecule has 1 aromatic carbocycles. The van der Waals surface area contributed by atoms with Crippen LogP contribution in [0.5, 0.6) is 0 Å². The third kappa shape index (κ3) is 3.29. The first-order valence-corrected chi connectivity index (χ1v) is 7.97. The van der Waals surface area contributed by atoms with E-state index < -0.39 is 10.0 Å². The summed E-state index contributed by atoms with van der Waals surface area (Å²) >= 11 is 0. The highest BCUT2D eigenvalue weighted by Crippen LogP contribution is 2.25. The van der Waals surface area contributed by atoms with E-state index >= 15 is 0 Å². The van der Waals surface area contributed by atoms with E-state index in [9.17, 15) is 13.2 Å². The molecular formula is C13H19N3O3S. The minimum absolute atomic E-state index is 0.186. The summed E-state index contributed by atoms with van der Waals surface area (Å²) in [5.41, 5.74) is 11.3. The lowest BCUT2D eigenvalue weighted by molar-refractivity contribution is -0.119. The van der Waals surface area contributed by atoms with E-state index in [0.717, 1.165) is 0 Å². The SMILES string of the molecule is NC(=O)CC1CCN(S(=O)(=O)c2ccc(N)cc2)CC1. The smallest absolute Gasteiger partial charge is 0.243 e. The highest BCUT2D eigenvalue weighted by Gasteiger charge is 2.29. The number of piperidine rings is 1. The van der Waals surface area contributed by atoms with Crippen molar-refractivity contribution in [3.8, 4) is 0 Å². The third-order valence-electron chi connectivity index (χ3n) is 3.58. The second-order valence-corrected chi connectivity index (χ2v) is 7.02. The van der Waals surface area contributed by atoms with Crippen molar-refractivity contribution in [1.29, 1.82) is 0 Å². The van der Waals surface area contributed by atoms with Crippen LogP contribution in [0.15, 0.2) is 29.2 Å². The Hall–Kier alpha value is -1.60. The van der Waals surface area contributed by atoms with Crippen LogP contribution >= 0.6 is 0 Å². The number of nitrogens with zero attached hydrogens (tertiary/aromatic N) is 1. The number of carbonyl (C=O) groups is 1. The van der Waals surface area contributed by atoms with Gasteiger partial charge >= 0.3 is 0 Å². The quantitative estimate of drug-likeness (QED) is 0.791. The molecule has 0 bridgehead atoms. The monoisotopic (exact) mass is 297 g/mol. The number of anilines is 1. The van der Waals surface area contributed by atoms with E-state index in [4.69, 9.17) is 11.5 Å². The van der Waals surface area contributed by atoms with Crippen molar-refractivity contribution in [2.24, 2.45) is 11.7 Å². The van der Waals surface area contributed by atoms with Gasteiger partial charge in [0.1, 0.15) is 0 Å². The highest BCUT2D eigenvalue weighted by molar-refractivity contribution is 7.89. The van der Waals surface area contributed by atoms with Crippen molar-refractivity contribution >= 4 is 21.6 Å². The van der Waals surface area contributed by atoms with E-state index in [0.29, 0.717) is 38.0 Å². The van der Waals surface area contributed by atoms with E-state index in [-0.39, 0.29) is 16.7 Å². The fourth-order valence-corrected chi connectivity index (χ4v) is 3.90. The Kier molecular flexibility index (Phi) is 4.29. The molecule has 0 spiro atoms. The van der Waals surface area contributed by atoms with Crippen molar-refractivity contribution in [3.63, 3.8) is 0 Å². The Morgan fingerprint density at radius 1 is 1.20 bits per heavy atom. The molecule has 1 heterocycles. The molecule has 2 rings (SSSR count). The van der Waals surface area contributed by atoms with E-state index in [1.807, 2.05) is 0 Å². The Balaban J connectivity index is 2.05. The topological polar surface area (TPSA) is 106 Å². The number of benzene rings is 1. The molecule has 1 aliphatic rings. The Bertz CT molecular complexity index is 575. The predicted molar refractivity (Wildman–Crippen MR) is 76.1 cm³/mol. The van der Waals surface area contributed by atoms with Crippen molar-refractivity contribution in [2.75, 3.05) is 18.8 Å². The van der Waals surface area contributed by atoms with Crippen LogP contribution in [0.25, 0.3) is 0 Å². The number of nitrogen functional groups attached to an aromatic ring is 1. The van der Waals surface area contributed by atoms with Gasteiger partial charge in [0.15, 0.2) is 0 Å². The summed E-state index contributed by atoms with van der Waals surface area (Å²) in [7, 11) is -3.47. The normalized spacial score (nSPS) is 18.0. The number of nitrogens with two attached hydrogens (primary N) is 2. The Morgan fingerprint density at radius 3 is 2.25 bits per heavy atom. The van der Waals surface area contributed by atoms with Crippen LogP contribution in [0.3, 0.4) is 0 Å². The van der Waals surface area contributed by atoms with Crippen LogP contribution < -0.4 is 11.5 Å². The Labute approximate surface area is 118 Å². The number of hydrogen-bond donors (Lipinski definition) is 2. The average Bonchev–Trinajstić information content (AvgIpc) is 2.39. The molecular weight excluding hydrogens is 278 g/mol. The molecule has 1 aromatic rings. The summed E-state index contributed by atoms with van der Waals surface area (Å²) in [6.07, 6.45) is 1.66. The number of rotatable bonds is 4. The lowest BCUT2D eigenvalue weighted by atomic mass is 9.94. The summed E-state index contributed by atoms with van der Waals surface area (Å²) in [5, 5.41) is 0. The van der Waals surface area contributed by atoms with Gasteiger partial charge in [-0.2, -0.15) is 4.31 Å². The van der Waals surface area contributed by atoms with Crippen LogP contribution in [0.2, 0.25) is 0 Å². The number of sulfonamides is 1.